The van der Waals surface area contributed by atoms with Gasteiger partial charge in [0.05, 0.1) is 28.9 Å². The molecule has 1 aromatic carbocycles. The van der Waals surface area contributed by atoms with Crippen molar-refractivity contribution in [1.29, 1.82) is 0 Å². The minimum Gasteiger partial charge on any atom is -0.488 e. The van der Waals surface area contributed by atoms with Crippen LogP contribution in [-0.4, -0.2) is 76.6 Å². The predicted octanol–water partition coefficient (Wildman–Crippen LogP) is 5.31. The zero-order chi connectivity index (χ0) is 31.0. The van der Waals surface area contributed by atoms with E-state index in [1.54, 1.807) is 27.1 Å². The van der Waals surface area contributed by atoms with Crippen molar-refractivity contribution >= 4 is 44.6 Å². The lowest BCUT2D eigenvalue weighted by Gasteiger charge is -2.39. The first-order chi connectivity index (χ1) is 21.1. The van der Waals surface area contributed by atoms with E-state index in [0.29, 0.717) is 23.6 Å². The number of piperazine rings is 1. The molecular formula is C31H43ClN8O3S. The van der Waals surface area contributed by atoms with Gasteiger partial charge in [0.15, 0.2) is 5.82 Å². The van der Waals surface area contributed by atoms with Gasteiger partial charge in [0.25, 0.3) is 0 Å². The van der Waals surface area contributed by atoms with Crippen molar-refractivity contribution in [3.8, 4) is 5.75 Å². The lowest BCUT2D eigenvalue weighted by molar-refractivity contribution is 0.133. The van der Waals surface area contributed by atoms with Crippen LogP contribution in [0.15, 0.2) is 29.6 Å². The molecule has 1 aliphatic heterocycles. The van der Waals surface area contributed by atoms with E-state index in [1.165, 1.54) is 47.7 Å². The van der Waals surface area contributed by atoms with E-state index < -0.39 is 15.1 Å². The van der Waals surface area contributed by atoms with Gasteiger partial charge in [0.2, 0.25) is 20.8 Å². The van der Waals surface area contributed by atoms with Crippen LogP contribution in [0.2, 0.25) is 5.02 Å². The third kappa shape index (κ3) is 6.83. The molecule has 2 aliphatic carbocycles. The van der Waals surface area contributed by atoms with Gasteiger partial charge >= 0.3 is 0 Å². The molecular weight excluding hydrogens is 600 g/mol. The van der Waals surface area contributed by atoms with E-state index in [-0.39, 0.29) is 22.0 Å². The van der Waals surface area contributed by atoms with E-state index in [2.05, 4.69) is 55.0 Å². The van der Waals surface area contributed by atoms with Crippen LogP contribution in [-0.2, 0) is 16.9 Å². The Kier molecular flexibility index (Phi) is 9.05. The van der Waals surface area contributed by atoms with Crippen LogP contribution in [0.1, 0.15) is 69.4 Å². The zero-order valence-corrected chi connectivity index (χ0v) is 27.5. The lowest BCUT2D eigenvalue weighted by Crippen LogP contribution is -2.49. The van der Waals surface area contributed by atoms with Gasteiger partial charge in [-0.15, -0.1) is 0 Å². The Morgan fingerprint density at radius 1 is 1.05 bits per heavy atom. The van der Waals surface area contributed by atoms with Gasteiger partial charge in [-0.25, -0.2) is 13.4 Å². The number of hydrogen-bond acceptors (Lipinski definition) is 10. The van der Waals surface area contributed by atoms with Gasteiger partial charge in [-0.05, 0) is 88.5 Å². The number of nitrogens with one attached hydrogen (secondary N) is 3. The number of halogens is 1. The zero-order valence-electron chi connectivity index (χ0n) is 25.9. The number of ether oxygens (including phenoxy) is 1. The first-order valence-electron chi connectivity index (χ1n) is 15.7. The van der Waals surface area contributed by atoms with E-state index in [1.807, 2.05) is 0 Å². The molecule has 0 unspecified atom stereocenters. The summed E-state index contributed by atoms with van der Waals surface area (Å²) >= 11 is 6.46. The summed E-state index contributed by atoms with van der Waals surface area (Å²) in [6, 6.07) is 5.05. The highest BCUT2D eigenvalue weighted by atomic mass is 35.5. The van der Waals surface area contributed by atoms with E-state index >= 15 is 0 Å². The molecule has 11 nitrogen and oxygen atoms in total. The van der Waals surface area contributed by atoms with Crippen LogP contribution in [0, 0.1) is 6.92 Å². The van der Waals surface area contributed by atoms with Crippen LogP contribution in [0.4, 0.5) is 23.1 Å². The lowest BCUT2D eigenvalue weighted by atomic mass is 9.79. The van der Waals surface area contributed by atoms with Crippen molar-refractivity contribution in [2.75, 3.05) is 36.8 Å². The van der Waals surface area contributed by atoms with Gasteiger partial charge in [-0.2, -0.15) is 10.1 Å². The topological polar surface area (TPSA) is 126 Å². The molecule has 3 aromatic rings. The number of hydrogen-bond donors (Lipinski definition) is 3. The number of anilines is 4. The molecule has 2 saturated carbocycles. The van der Waals surface area contributed by atoms with Crippen LogP contribution in [0.5, 0.6) is 5.75 Å². The summed E-state index contributed by atoms with van der Waals surface area (Å²) in [7, 11) is -1.96. The highest BCUT2D eigenvalue weighted by molar-refractivity contribution is 7.92. The third-order valence-electron chi connectivity index (χ3n) is 8.92. The maximum absolute atomic E-state index is 12.9. The number of sulfone groups is 1. The second-order valence-corrected chi connectivity index (χ2v) is 15.4. The smallest absolute Gasteiger partial charge is 0.229 e. The fourth-order valence-corrected chi connectivity index (χ4v) is 7.49. The molecule has 0 radical (unpaired) electrons. The van der Waals surface area contributed by atoms with Gasteiger partial charge in [-0.1, -0.05) is 11.6 Å². The maximum Gasteiger partial charge on any atom is 0.229 e. The largest absolute Gasteiger partial charge is 0.488 e. The highest BCUT2D eigenvalue weighted by Crippen LogP contribution is 2.42. The van der Waals surface area contributed by atoms with Crippen molar-refractivity contribution in [3.05, 3.63) is 40.7 Å². The third-order valence-corrected chi connectivity index (χ3v) is 11.3. The molecule has 0 spiro atoms. The molecule has 44 heavy (non-hydrogen) atoms. The Balaban J connectivity index is 1.22. The number of benzene rings is 1. The van der Waals surface area contributed by atoms with Crippen molar-refractivity contribution in [1.82, 2.24) is 30.0 Å². The van der Waals surface area contributed by atoms with Gasteiger partial charge < -0.3 is 20.7 Å². The molecule has 13 heteroatoms. The van der Waals surface area contributed by atoms with Crippen molar-refractivity contribution < 1.29 is 13.2 Å². The normalized spacial score (nSPS) is 21.4. The summed E-state index contributed by atoms with van der Waals surface area (Å²) in [4.78, 5) is 11.7. The minimum absolute atomic E-state index is 0.0486. The summed E-state index contributed by atoms with van der Waals surface area (Å²) in [6.07, 6.45) is 10.3. The predicted molar refractivity (Wildman–Crippen MR) is 173 cm³/mol. The number of aromatic nitrogens is 4. The van der Waals surface area contributed by atoms with E-state index in [9.17, 15) is 8.42 Å². The first-order valence-corrected chi connectivity index (χ1v) is 17.6. The van der Waals surface area contributed by atoms with Crippen molar-refractivity contribution in [2.45, 2.75) is 87.6 Å². The number of aryl methyl sites for hydroxylation is 2. The second-order valence-electron chi connectivity index (χ2n) is 12.6. The van der Waals surface area contributed by atoms with Crippen LogP contribution in [0.25, 0.3) is 0 Å². The summed E-state index contributed by atoms with van der Waals surface area (Å²) in [5.41, 5.74) is 3.68. The SMILES string of the molecule is Cc1cc(Nc2ncc(Cl)c(Nc3cn(C)nc3S(=O)(=O)C(C)C)n2)c(OC2CC2)cc1C1CCC(N2CCNCC2)CC1. The molecule has 0 amide bonds. The Labute approximate surface area is 265 Å². The number of nitrogens with zero attached hydrogens (tertiary/aromatic N) is 5. The first kappa shape index (κ1) is 31.1. The van der Waals surface area contributed by atoms with Crippen LogP contribution < -0.4 is 20.7 Å². The quantitative estimate of drug-likeness (QED) is 0.268. The fraction of sp³-hybridized carbons (Fsp3) is 0.581. The average molecular weight is 643 g/mol. The highest BCUT2D eigenvalue weighted by Gasteiger charge is 2.31. The molecule has 3 fully saturated rings. The van der Waals surface area contributed by atoms with E-state index in [4.69, 9.17) is 16.3 Å². The van der Waals surface area contributed by atoms with Crippen molar-refractivity contribution in [3.63, 3.8) is 0 Å². The Hall–Kier alpha value is -2.93. The Bertz CT molecular complexity index is 1590. The molecule has 3 N–H and O–H groups in total. The molecule has 3 aliphatic rings. The van der Waals surface area contributed by atoms with Gasteiger partial charge in [-0.3, -0.25) is 9.58 Å². The van der Waals surface area contributed by atoms with Gasteiger partial charge in [0, 0.05) is 45.5 Å². The van der Waals surface area contributed by atoms with Gasteiger partial charge in [0.1, 0.15) is 10.8 Å². The maximum atomic E-state index is 12.9. The molecule has 3 heterocycles. The Morgan fingerprint density at radius 3 is 2.45 bits per heavy atom. The van der Waals surface area contributed by atoms with Crippen molar-refractivity contribution in [2.24, 2.45) is 7.05 Å². The number of rotatable bonds is 10. The summed E-state index contributed by atoms with van der Waals surface area (Å²) in [5, 5.41) is 13.7. The summed E-state index contributed by atoms with van der Waals surface area (Å²) in [5.74, 6) is 1.92. The van der Waals surface area contributed by atoms with E-state index in [0.717, 1.165) is 50.5 Å². The molecule has 1 saturated heterocycles. The van der Waals surface area contributed by atoms with Crippen LogP contribution >= 0.6 is 11.6 Å². The molecule has 2 aromatic heterocycles. The monoisotopic (exact) mass is 642 g/mol. The van der Waals surface area contributed by atoms with Crippen LogP contribution in [0.3, 0.4) is 0 Å². The average Bonchev–Trinajstić information content (AvgIpc) is 3.75. The molecule has 238 valence electrons. The summed E-state index contributed by atoms with van der Waals surface area (Å²) < 4.78 is 33.7. The Morgan fingerprint density at radius 2 is 1.77 bits per heavy atom. The minimum atomic E-state index is -3.63. The second kappa shape index (κ2) is 12.8. The molecule has 0 bridgehead atoms. The summed E-state index contributed by atoms with van der Waals surface area (Å²) in [6.45, 7) is 9.90. The standard InChI is InChI=1S/C31H43ClN8O3S/c1-19(2)44(41,42)30-27(18-39(4)38-30)35-29-25(32)17-34-31(37-29)36-26-15-20(3)24(16-28(26)43-23-9-10-23)21-5-7-22(8-6-21)40-13-11-33-12-14-40/h15-19,21-23,33H,5-14H2,1-4H3,(H2,34,35,36,37). The molecule has 0 atom stereocenters. The molecule has 6 rings (SSSR count). The fourth-order valence-electron chi connectivity index (χ4n) is 6.25.